The molecule has 2 heterocycles. The Hall–Kier alpha value is -3.65. The molecule has 0 spiro atoms. The zero-order chi connectivity index (χ0) is 25.1. The highest BCUT2D eigenvalue weighted by Crippen LogP contribution is 2.53. The highest BCUT2D eigenvalue weighted by atomic mass is 19.1. The minimum Gasteiger partial charge on any atom is -0.495 e. The second-order valence-corrected chi connectivity index (χ2v) is 9.20. The third-order valence-electron chi connectivity index (χ3n) is 6.69. The number of rotatable bonds is 10. The van der Waals surface area contributed by atoms with E-state index < -0.39 is 5.72 Å². The molecule has 1 aliphatic heterocycles. The summed E-state index contributed by atoms with van der Waals surface area (Å²) >= 11 is 0. The van der Waals surface area contributed by atoms with Gasteiger partial charge in [0, 0.05) is 37.9 Å². The number of imidazole rings is 1. The molecular formula is C28H31FN4O3. The van der Waals surface area contributed by atoms with Crippen LogP contribution in [-0.2, 0) is 15.3 Å². The van der Waals surface area contributed by atoms with Gasteiger partial charge >= 0.3 is 0 Å². The third-order valence-corrected chi connectivity index (χ3v) is 6.69. The van der Waals surface area contributed by atoms with Gasteiger partial charge in [0.25, 0.3) is 0 Å². The Morgan fingerprint density at radius 2 is 1.94 bits per heavy atom. The predicted molar refractivity (Wildman–Crippen MR) is 136 cm³/mol. The molecule has 1 unspecified atom stereocenters. The first-order chi connectivity index (χ1) is 17.5. The summed E-state index contributed by atoms with van der Waals surface area (Å²) in [7, 11) is 3.36. The number of oxime groups is 1. The molecule has 0 N–H and O–H groups in total. The minimum atomic E-state index is -0.734. The van der Waals surface area contributed by atoms with Crippen molar-refractivity contribution in [2.24, 2.45) is 11.1 Å². The van der Waals surface area contributed by atoms with Crippen molar-refractivity contribution in [3.8, 4) is 11.4 Å². The normalized spacial score (nSPS) is 19.6. The van der Waals surface area contributed by atoms with Crippen molar-refractivity contribution in [3.63, 3.8) is 0 Å². The first kappa shape index (κ1) is 24.1. The fourth-order valence-corrected chi connectivity index (χ4v) is 4.79. The molecule has 1 fully saturated rings. The number of hydrogen-bond acceptors (Lipinski definition) is 6. The molecule has 2 aliphatic rings. The molecule has 36 heavy (non-hydrogen) atoms. The summed E-state index contributed by atoms with van der Waals surface area (Å²) in [6.07, 6.45) is 10.6. The number of halogens is 1. The smallest absolute Gasteiger partial charge is 0.240 e. The number of ether oxygens (including phenoxy) is 2. The second-order valence-electron chi connectivity index (χ2n) is 9.20. The number of aromatic nitrogens is 2. The molecule has 1 atom stereocenters. The monoisotopic (exact) mass is 490 g/mol. The van der Waals surface area contributed by atoms with Crippen LogP contribution in [0.5, 0.6) is 5.75 Å². The largest absolute Gasteiger partial charge is 0.495 e. The first-order valence-electron chi connectivity index (χ1n) is 12.2. The molecule has 0 amide bonds. The Kier molecular flexibility index (Phi) is 6.78. The predicted octanol–water partition coefficient (Wildman–Crippen LogP) is 5.29. The lowest BCUT2D eigenvalue weighted by Crippen LogP contribution is -2.48. The average molecular weight is 491 g/mol. The van der Waals surface area contributed by atoms with Gasteiger partial charge in [0.05, 0.1) is 24.8 Å². The van der Waals surface area contributed by atoms with Crippen LogP contribution in [0.1, 0.15) is 36.1 Å². The third kappa shape index (κ3) is 4.60. The van der Waals surface area contributed by atoms with E-state index in [9.17, 15) is 4.39 Å². The summed E-state index contributed by atoms with van der Waals surface area (Å²) in [6, 6.07) is 12.6. The molecule has 1 aliphatic carbocycles. The minimum absolute atomic E-state index is 0.266. The molecule has 7 nitrogen and oxygen atoms in total. The Bertz CT molecular complexity index is 1270. The van der Waals surface area contributed by atoms with Gasteiger partial charge in [0.1, 0.15) is 11.6 Å². The van der Waals surface area contributed by atoms with Crippen molar-refractivity contribution in [1.29, 1.82) is 0 Å². The molecule has 0 bridgehead atoms. The first-order valence-corrected chi connectivity index (χ1v) is 12.2. The summed E-state index contributed by atoms with van der Waals surface area (Å²) < 4.78 is 26.6. The lowest BCUT2D eigenvalue weighted by molar-refractivity contribution is -0.124. The second kappa shape index (κ2) is 10.1. The van der Waals surface area contributed by atoms with E-state index in [0.717, 1.165) is 53.4 Å². The van der Waals surface area contributed by atoms with Crippen LogP contribution >= 0.6 is 0 Å². The molecule has 0 radical (unpaired) electrons. The van der Waals surface area contributed by atoms with Crippen molar-refractivity contribution >= 4 is 11.9 Å². The van der Waals surface area contributed by atoms with Gasteiger partial charge in [-0.25, -0.2) is 9.37 Å². The van der Waals surface area contributed by atoms with Crippen molar-refractivity contribution in [2.75, 3.05) is 27.4 Å². The van der Waals surface area contributed by atoms with Crippen LogP contribution < -0.4 is 4.74 Å². The van der Waals surface area contributed by atoms with Crippen LogP contribution in [-0.4, -0.2) is 47.7 Å². The number of hydrogen-bond donors (Lipinski definition) is 0. The van der Waals surface area contributed by atoms with E-state index in [-0.39, 0.29) is 11.7 Å². The summed E-state index contributed by atoms with van der Waals surface area (Å²) in [5, 5.41) is 4.51. The van der Waals surface area contributed by atoms with E-state index >= 15 is 0 Å². The maximum Gasteiger partial charge on any atom is 0.240 e. The van der Waals surface area contributed by atoms with E-state index in [4.69, 9.17) is 14.3 Å². The Balaban J connectivity index is 1.44. The van der Waals surface area contributed by atoms with Crippen LogP contribution in [0, 0.1) is 18.7 Å². The van der Waals surface area contributed by atoms with Crippen LogP contribution in [0.2, 0.25) is 0 Å². The Labute approximate surface area is 210 Å². The van der Waals surface area contributed by atoms with E-state index in [1.807, 2.05) is 48.0 Å². The quantitative estimate of drug-likeness (QED) is 0.362. The topological polar surface area (TPSA) is 61.1 Å². The zero-order valence-corrected chi connectivity index (χ0v) is 20.9. The molecule has 3 aromatic rings. The van der Waals surface area contributed by atoms with Crippen LogP contribution in [0.4, 0.5) is 4.39 Å². The number of amidine groups is 1. The van der Waals surface area contributed by atoms with Gasteiger partial charge in [-0.15, -0.1) is 0 Å². The summed E-state index contributed by atoms with van der Waals surface area (Å²) in [6.45, 7) is 3.29. The Morgan fingerprint density at radius 3 is 2.61 bits per heavy atom. The summed E-state index contributed by atoms with van der Waals surface area (Å²) in [5.41, 5.74) is 3.01. The van der Waals surface area contributed by atoms with Crippen LogP contribution in [0.15, 0.2) is 66.2 Å². The van der Waals surface area contributed by atoms with E-state index in [0.29, 0.717) is 13.2 Å². The molecule has 1 aromatic heterocycles. The molecule has 5 rings (SSSR count). The fourth-order valence-electron chi connectivity index (χ4n) is 4.79. The van der Waals surface area contributed by atoms with Gasteiger partial charge in [-0.2, -0.15) is 0 Å². The average Bonchev–Trinajstić information content (AvgIpc) is 3.56. The van der Waals surface area contributed by atoms with Gasteiger partial charge in [0.15, 0.2) is 5.84 Å². The number of benzene rings is 2. The van der Waals surface area contributed by atoms with E-state index in [1.165, 1.54) is 12.1 Å². The van der Waals surface area contributed by atoms with Gasteiger partial charge in [-0.1, -0.05) is 29.4 Å². The number of methoxy groups -OCH3 is 2. The molecule has 188 valence electrons. The fraction of sp³-hybridized carbons (Fsp3) is 0.357. The van der Waals surface area contributed by atoms with Gasteiger partial charge in [-0.05, 0) is 62.1 Å². The van der Waals surface area contributed by atoms with Gasteiger partial charge in [-0.3, -0.25) is 0 Å². The molecule has 8 heteroatoms. The lowest BCUT2D eigenvalue weighted by atomic mass is 9.95. The maximum absolute atomic E-state index is 13.7. The van der Waals surface area contributed by atoms with Crippen LogP contribution in [0.3, 0.4) is 0 Å². The molecule has 1 saturated carbocycles. The van der Waals surface area contributed by atoms with Crippen molar-refractivity contribution in [2.45, 2.75) is 31.9 Å². The van der Waals surface area contributed by atoms with Crippen molar-refractivity contribution < 1.29 is 18.7 Å². The standard InChI is InChI=1S/C28H31FN4O3/c1-20-18-32(19-30-20)25-13-5-21(17-26(25)35-3)6-14-27-31-36-28(22-7-8-22,33(27)15-4-16-34-2)23-9-11-24(29)12-10-23/h5-6,9-14,17-19,22H,4,7-8,15-16H2,1-3H3. The van der Waals surface area contributed by atoms with E-state index in [2.05, 4.69) is 15.0 Å². The maximum atomic E-state index is 13.7. The summed E-state index contributed by atoms with van der Waals surface area (Å²) in [5.74, 6) is 1.50. The van der Waals surface area contributed by atoms with Gasteiger partial charge in [0.2, 0.25) is 5.72 Å². The molecule has 0 saturated heterocycles. The highest BCUT2D eigenvalue weighted by molar-refractivity contribution is 5.97. The van der Waals surface area contributed by atoms with Crippen molar-refractivity contribution in [3.05, 3.63) is 83.7 Å². The number of nitrogens with zero attached hydrogens (tertiary/aromatic N) is 4. The van der Waals surface area contributed by atoms with Gasteiger partial charge < -0.3 is 23.8 Å². The zero-order valence-electron chi connectivity index (χ0n) is 20.9. The Morgan fingerprint density at radius 1 is 1.14 bits per heavy atom. The van der Waals surface area contributed by atoms with Crippen LogP contribution in [0.25, 0.3) is 11.8 Å². The SMILES string of the molecule is COCCCN1C(C=Cc2ccc(-n3cnc(C)c3)c(OC)c2)=NOC1(c1ccc(F)cc1)C1CC1. The van der Waals surface area contributed by atoms with E-state index in [1.54, 1.807) is 32.7 Å². The lowest BCUT2D eigenvalue weighted by Gasteiger charge is -2.38. The van der Waals surface area contributed by atoms with Crippen molar-refractivity contribution in [1.82, 2.24) is 14.5 Å². The summed E-state index contributed by atoms with van der Waals surface area (Å²) in [4.78, 5) is 12.7. The number of aryl methyl sites for hydroxylation is 1. The molecule has 2 aromatic carbocycles. The molecular weight excluding hydrogens is 459 g/mol. The highest BCUT2D eigenvalue weighted by Gasteiger charge is 2.57.